The number of carbonyl (C=O) groups is 1. The molecule has 3 aromatic heterocycles. The van der Waals surface area contributed by atoms with E-state index in [1.165, 1.54) is 28.2 Å². The second kappa shape index (κ2) is 7.09. The zero-order chi connectivity index (χ0) is 20.0. The molecular weight excluding hydrogens is 402 g/mol. The lowest BCUT2D eigenvalue weighted by molar-refractivity contribution is 0.0983. The van der Waals surface area contributed by atoms with Crippen LogP contribution >= 0.6 is 22.7 Å². The minimum Gasteiger partial charge on any atom is -0.467 e. The number of hydrogen-bond donors (Lipinski definition) is 0. The number of aromatic nitrogens is 2. The first-order chi connectivity index (χ1) is 14.1. The van der Waals surface area contributed by atoms with Crippen molar-refractivity contribution in [1.82, 2.24) is 9.97 Å². The van der Waals surface area contributed by atoms with Gasteiger partial charge in [-0.15, -0.1) is 11.3 Å². The largest absolute Gasteiger partial charge is 0.467 e. The SMILES string of the molecule is Cc1cc(C)c2nc(N(Cc3ccco3)C(=O)c3ccc4ncsc4c3)sc2c1. The molecule has 144 valence electrons. The van der Waals surface area contributed by atoms with E-state index in [0.717, 1.165) is 26.0 Å². The molecule has 0 radical (unpaired) electrons. The molecule has 7 heteroatoms. The summed E-state index contributed by atoms with van der Waals surface area (Å²) in [6.45, 7) is 4.45. The lowest BCUT2D eigenvalue weighted by Crippen LogP contribution is -2.30. The number of anilines is 1. The van der Waals surface area contributed by atoms with Crippen molar-refractivity contribution in [2.24, 2.45) is 0 Å². The highest BCUT2D eigenvalue weighted by Gasteiger charge is 2.23. The standard InChI is InChI=1S/C22H17N3O2S2/c1-13-8-14(2)20-19(9-13)29-22(24-20)25(11-16-4-3-7-27-16)21(26)15-5-6-17-18(10-15)28-12-23-17/h3-10,12H,11H2,1-2H3. The van der Waals surface area contributed by atoms with Gasteiger partial charge in [0.05, 0.1) is 38.8 Å². The Morgan fingerprint density at radius 2 is 2.03 bits per heavy atom. The predicted octanol–water partition coefficient (Wildman–Crippen LogP) is 5.96. The Kier molecular flexibility index (Phi) is 4.41. The zero-order valence-corrected chi connectivity index (χ0v) is 17.5. The van der Waals surface area contributed by atoms with Crippen molar-refractivity contribution in [3.8, 4) is 0 Å². The number of nitrogens with zero attached hydrogens (tertiary/aromatic N) is 3. The van der Waals surface area contributed by atoms with Crippen LogP contribution in [0.2, 0.25) is 0 Å². The van der Waals surface area contributed by atoms with Gasteiger partial charge in [-0.3, -0.25) is 9.69 Å². The molecule has 0 spiro atoms. The van der Waals surface area contributed by atoms with Crippen LogP contribution < -0.4 is 4.90 Å². The number of amides is 1. The van der Waals surface area contributed by atoms with E-state index < -0.39 is 0 Å². The van der Waals surface area contributed by atoms with Crippen LogP contribution in [0.1, 0.15) is 27.2 Å². The number of rotatable bonds is 4. The Morgan fingerprint density at radius 1 is 1.14 bits per heavy atom. The van der Waals surface area contributed by atoms with E-state index in [1.807, 2.05) is 30.3 Å². The molecule has 2 aromatic carbocycles. The summed E-state index contributed by atoms with van der Waals surface area (Å²) in [6, 6.07) is 13.5. The van der Waals surface area contributed by atoms with Gasteiger partial charge >= 0.3 is 0 Å². The number of carbonyl (C=O) groups excluding carboxylic acids is 1. The number of fused-ring (bicyclic) bond motifs is 2. The molecule has 29 heavy (non-hydrogen) atoms. The van der Waals surface area contributed by atoms with Crippen molar-refractivity contribution in [3.05, 3.63) is 76.7 Å². The summed E-state index contributed by atoms with van der Waals surface area (Å²) in [5.41, 5.74) is 6.53. The van der Waals surface area contributed by atoms with E-state index in [1.54, 1.807) is 16.7 Å². The minimum atomic E-state index is -0.106. The highest BCUT2D eigenvalue weighted by molar-refractivity contribution is 7.22. The molecule has 0 aliphatic heterocycles. The van der Waals surface area contributed by atoms with E-state index in [0.29, 0.717) is 23.0 Å². The molecule has 0 fully saturated rings. The number of benzene rings is 2. The van der Waals surface area contributed by atoms with Crippen LogP contribution in [0.4, 0.5) is 5.13 Å². The van der Waals surface area contributed by atoms with Crippen molar-refractivity contribution in [1.29, 1.82) is 0 Å². The van der Waals surface area contributed by atoms with Crippen molar-refractivity contribution >= 4 is 54.1 Å². The summed E-state index contributed by atoms with van der Waals surface area (Å²) in [5.74, 6) is 0.606. The summed E-state index contributed by atoms with van der Waals surface area (Å²) in [5, 5.41) is 0.666. The first-order valence-electron chi connectivity index (χ1n) is 9.14. The number of furan rings is 1. The summed E-state index contributed by atoms with van der Waals surface area (Å²) in [4.78, 5) is 24.3. The maximum Gasteiger partial charge on any atom is 0.260 e. The average Bonchev–Trinajstić information content (AvgIpc) is 3.44. The number of aryl methyl sites for hydroxylation is 2. The lowest BCUT2D eigenvalue weighted by Gasteiger charge is -2.18. The van der Waals surface area contributed by atoms with Crippen molar-refractivity contribution < 1.29 is 9.21 Å². The van der Waals surface area contributed by atoms with E-state index in [-0.39, 0.29) is 5.91 Å². The fourth-order valence-electron chi connectivity index (χ4n) is 3.40. The first-order valence-corrected chi connectivity index (χ1v) is 10.8. The van der Waals surface area contributed by atoms with Gasteiger partial charge < -0.3 is 4.42 Å². The molecule has 0 N–H and O–H groups in total. The van der Waals surface area contributed by atoms with Crippen LogP contribution in [0.5, 0.6) is 0 Å². The van der Waals surface area contributed by atoms with Crippen LogP contribution in [0.25, 0.3) is 20.4 Å². The monoisotopic (exact) mass is 419 g/mol. The quantitative estimate of drug-likeness (QED) is 0.360. The second-order valence-electron chi connectivity index (χ2n) is 6.93. The molecule has 0 unspecified atom stereocenters. The minimum absolute atomic E-state index is 0.106. The highest BCUT2D eigenvalue weighted by Crippen LogP contribution is 2.33. The Hall–Kier alpha value is -3.03. The van der Waals surface area contributed by atoms with Gasteiger partial charge in [0.2, 0.25) is 0 Å². The Morgan fingerprint density at radius 3 is 2.86 bits per heavy atom. The van der Waals surface area contributed by atoms with Gasteiger partial charge in [-0.2, -0.15) is 0 Å². The molecule has 0 aliphatic rings. The Balaban J connectivity index is 1.60. The molecule has 1 amide bonds. The molecule has 0 saturated carbocycles. The van der Waals surface area contributed by atoms with Gasteiger partial charge in [-0.05, 0) is 61.4 Å². The number of thiazole rings is 2. The third-order valence-electron chi connectivity index (χ3n) is 4.77. The van der Waals surface area contributed by atoms with Gasteiger partial charge in [0.15, 0.2) is 5.13 Å². The number of hydrogen-bond acceptors (Lipinski definition) is 6. The average molecular weight is 420 g/mol. The van der Waals surface area contributed by atoms with Gasteiger partial charge in [0, 0.05) is 5.56 Å². The molecule has 0 aliphatic carbocycles. The van der Waals surface area contributed by atoms with Gasteiger partial charge in [-0.1, -0.05) is 17.4 Å². The third kappa shape index (κ3) is 3.32. The van der Waals surface area contributed by atoms with Crippen LogP contribution in [0.15, 0.2) is 58.7 Å². The Labute approximate surface area is 175 Å². The molecule has 0 atom stereocenters. The van der Waals surface area contributed by atoms with Gasteiger partial charge in [0.25, 0.3) is 5.91 Å². The second-order valence-corrected chi connectivity index (χ2v) is 8.83. The topological polar surface area (TPSA) is 59.2 Å². The smallest absolute Gasteiger partial charge is 0.260 e. The lowest BCUT2D eigenvalue weighted by atomic mass is 10.1. The highest BCUT2D eigenvalue weighted by atomic mass is 32.1. The molecule has 0 saturated heterocycles. The fraction of sp³-hybridized carbons (Fsp3) is 0.136. The van der Waals surface area contributed by atoms with E-state index in [4.69, 9.17) is 9.40 Å². The molecule has 5 aromatic rings. The van der Waals surface area contributed by atoms with Crippen LogP contribution in [-0.4, -0.2) is 15.9 Å². The van der Waals surface area contributed by atoms with Crippen molar-refractivity contribution in [3.63, 3.8) is 0 Å². The van der Waals surface area contributed by atoms with Crippen LogP contribution in [0, 0.1) is 13.8 Å². The predicted molar refractivity (Wildman–Crippen MR) is 118 cm³/mol. The van der Waals surface area contributed by atoms with Crippen molar-refractivity contribution in [2.45, 2.75) is 20.4 Å². The fourth-order valence-corrected chi connectivity index (χ4v) is 5.26. The Bertz CT molecular complexity index is 1340. The zero-order valence-electron chi connectivity index (χ0n) is 15.9. The summed E-state index contributed by atoms with van der Waals surface area (Å²) < 4.78 is 7.59. The van der Waals surface area contributed by atoms with E-state index in [2.05, 4.69) is 31.0 Å². The maximum atomic E-state index is 13.5. The summed E-state index contributed by atoms with van der Waals surface area (Å²) >= 11 is 3.05. The first kappa shape index (κ1) is 18.0. The molecular formula is C22H17N3O2S2. The normalized spacial score (nSPS) is 11.4. The maximum absolute atomic E-state index is 13.5. The van der Waals surface area contributed by atoms with Gasteiger partial charge in [-0.25, -0.2) is 9.97 Å². The van der Waals surface area contributed by atoms with Crippen molar-refractivity contribution in [2.75, 3.05) is 4.90 Å². The summed E-state index contributed by atoms with van der Waals surface area (Å²) in [7, 11) is 0. The van der Waals surface area contributed by atoms with Crippen LogP contribution in [0.3, 0.4) is 0 Å². The molecule has 3 heterocycles. The summed E-state index contributed by atoms with van der Waals surface area (Å²) in [6.07, 6.45) is 1.62. The van der Waals surface area contributed by atoms with E-state index >= 15 is 0 Å². The third-order valence-corrected chi connectivity index (χ3v) is 6.58. The molecule has 0 bridgehead atoms. The van der Waals surface area contributed by atoms with E-state index in [9.17, 15) is 4.79 Å². The molecule has 5 nitrogen and oxygen atoms in total. The van der Waals surface area contributed by atoms with Gasteiger partial charge in [0.1, 0.15) is 5.76 Å². The van der Waals surface area contributed by atoms with Crippen LogP contribution in [-0.2, 0) is 6.54 Å². The molecule has 5 rings (SSSR count).